The third-order valence-corrected chi connectivity index (χ3v) is 6.92. The lowest BCUT2D eigenvalue weighted by atomic mass is 9.91. The zero-order valence-corrected chi connectivity index (χ0v) is 22.0. The molecule has 3 aromatic rings. The normalized spacial score (nSPS) is 16.1. The van der Waals surface area contributed by atoms with Crippen LogP contribution in [0.4, 0.5) is 0 Å². The maximum Gasteiger partial charge on any atom is 0.323 e. The first-order chi connectivity index (χ1) is 17.7. The van der Waals surface area contributed by atoms with Crippen LogP contribution in [0.3, 0.4) is 0 Å². The number of benzene rings is 3. The minimum atomic E-state index is -1.02. The fourth-order valence-corrected chi connectivity index (χ4v) is 4.91. The van der Waals surface area contributed by atoms with E-state index < -0.39 is 5.97 Å². The Morgan fingerprint density at radius 1 is 1.00 bits per heavy atom. The summed E-state index contributed by atoms with van der Waals surface area (Å²) in [5.74, 6) is 0.448. The van der Waals surface area contributed by atoms with Gasteiger partial charge < -0.3 is 19.5 Å². The summed E-state index contributed by atoms with van der Waals surface area (Å²) in [5.41, 5.74) is 4.01. The van der Waals surface area contributed by atoms with Gasteiger partial charge in [0.15, 0.2) is 0 Å². The predicted molar refractivity (Wildman–Crippen MR) is 144 cm³/mol. The van der Waals surface area contributed by atoms with Crippen molar-refractivity contribution in [2.24, 2.45) is 0 Å². The molecule has 0 aliphatic carbocycles. The third-order valence-electron chi connectivity index (χ3n) is 6.67. The van der Waals surface area contributed by atoms with Gasteiger partial charge >= 0.3 is 5.97 Å². The topological polar surface area (TPSA) is 76.1 Å². The molecule has 0 aromatic heterocycles. The molecule has 3 aromatic carbocycles. The number of hydrogen-bond donors (Lipinski definition) is 1. The Morgan fingerprint density at radius 3 is 2.35 bits per heavy atom. The molecule has 0 radical (unpaired) electrons. The standard InChI is InChI=1S/C30H32ClNO5/c1-30(18-23-3-9-25(31)10-4-23)19-24-17-22(7-13-27(24)37-30)8-14-28(33)32(20-29(34)35)16-15-21-5-11-26(36-2)12-6-21/h3-7,9-13,17H,8,14-16,18-20H2,1-2H3,(H,34,35)/t30-/m1/s1. The van der Waals surface area contributed by atoms with Gasteiger partial charge in [-0.25, -0.2) is 0 Å². The molecule has 1 heterocycles. The van der Waals surface area contributed by atoms with E-state index in [1.54, 1.807) is 7.11 Å². The number of rotatable bonds is 11. The molecular weight excluding hydrogens is 490 g/mol. The van der Waals surface area contributed by atoms with Crippen molar-refractivity contribution in [1.82, 2.24) is 4.90 Å². The lowest BCUT2D eigenvalue weighted by Crippen LogP contribution is -2.37. The largest absolute Gasteiger partial charge is 0.497 e. The SMILES string of the molecule is COc1ccc(CCN(CC(=O)O)C(=O)CCc2ccc3c(c2)C[C@@](C)(Cc2ccc(Cl)cc2)O3)cc1. The Balaban J connectivity index is 1.34. The number of carbonyl (C=O) groups excluding carboxylic acids is 1. The molecule has 0 saturated carbocycles. The van der Waals surface area contributed by atoms with Crippen molar-refractivity contribution >= 4 is 23.5 Å². The first kappa shape index (κ1) is 26.6. The highest BCUT2D eigenvalue weighted by Crippen LogP contribution is 2.37. The Kier molecular flexibility index (Phi) is 8.39. The number of halogens is 1. The highest BCUT2D eigenvalue weighted by atomic mass is 35.5. The molecule has 1 amide bonds. The van der Waals surface area contributed by atoms with Crippen molar-refractivity contribution in [3.63, 3.8) is 0 Å². The number of carbonyl (C=O) groups is 2. The van der Waals surface area contributed by atoms with Gasteiger partial charge in [0, 0.05) is 30.8 Å². The van der Waals surface area contributed by atoms with Crippen molar-refractivity contribution < 1.29 is 24.2 Å². The maximum atomic E-state index is 12.9. The molecule has 194 valence electrons. The zero-order chi connectivity index (χ0) is 26.4. The van der Waals surface area contributed by atoms with Gasteiger partial charge in [0.1, 0.15) is 23.6 Å². The molecule has 0 bridgehead atoms. The van der Waals surface area contributed by atoms with Gasteiger partial charge in [0.25, 0.3) is 0 Å². The van der Waals surface area contributed by atoms with Crippen molar-refractivity contribution in [3.05, 3.63) is 94.0 Å². The smallest absolute Gasteiger partial charge is 0.323 e. The van der Waals surface area contributed by atoms with Crippen LogP contribution in [0.15, 0.2) is 66.7 Å². The first-order valence-electron chi connectivity index (χ1n) is 12.4. The van der Waals surface area contributed by atoms with Crippen LogP contribution in [0.25, 0.3) is 0 Å². The van der Waals surface area contributed by atoms with E-state index in [0.717, 1.165) is 41.0 Å². The van der Waals surface area contributed by atoms with Crippen LogP contribution in [0, 0.1) is 0 Å². The number of fused-ring (bicyclic) bond motifs is 1. The van der Waals surface area contributed by atoms with Gasteiger partial charge in [-0.05, 0) is 72.4 Å². The van der Waals surface area contributed by atoms with Gasteiger partial charge in [0.05, 0.1) is 7.11 Å². The van der Waals surface area contributed by atoms with Gasteiger partial charge in [-0.15, -0.1) is 0 Å². The average molecular weight is 522 g/mol. The molecule has 0 saturated heterocycles. The van der Waals surface area contributed by atoms with Crippen LogP contribution < -0.4 is 9.47 Å². The summed E-state index contributed by atoms with van der Waals surface area (Å²) in [5, 5.41) is 10.0. The van der Waals surface area contributed by atoms with Crippen LogP contribution in [-0.4, -0.2) is 47.7 Å². The van der Waals surface area contributed by atoms with Crippen LogP contribution in [0.2, 0.25) is 5.02 Å². The quantitative estimate of drug-likeness (QED) is 0.367. The summed E-state index contributed by atoms with van der Waals surface area (Å²) in [4.78, 5) is 25.8. The Morgan fingerprint density at radius 2 is 1.68 bits per heavy atom. The Bertz CT molecular complexity index is 1240. The van der Waals surface area contributed by atoms with Crippen LogP contribution in [0.5, 0.6) is 11.5 Å². The Hall–Kier alpha value is -3.51. The lowest BCUT2D eigenvalue weighted by molar-refractivity contribution is -0.144. The molecular formula is C30H32ClNO5. The molecule has 0 spiro atoms. The van der Waals surface area contributed by atoms with Gasteiger partial charge in [-0.3, -0.25) is 9.59 Å². The third kappa shape index (κ3) is 7.26. The maximum absolute atomic E-state index is 12.9. The van der Waals surface area contributed by atoms with E-state index >= 15 is 0 Å². The lowest BCUT2D eigenvalue weighted by Gasteiger charge is -2.24. The van der Waals surface area contributed by atoms with Crippen LogP contribution in [-0.2, 0) is 35.3 Å². The molecule has 1 N–H and O–H groups in total. The van der Waals surface area contributed by atoms with Crippen molar-refractivity contribution in [2.75, 3.05) is 20.2 Å². The van der Waals surface area contributed by atoms with Crippen molar-refractivity contribution in [3.8, 4) is 11.5 Å². The second kappa shape index (κ2) is 11.7. The number of aliphatic carboxylic acids is 1. The van der Waals surface area contributed by atoms with Crippen LogP contribution in [0.1, 0.15) is 35.6 Å². The second-order valence-electron chi connectivity index (χ2n) is 9.78. The summed E-state index contributed by atoms with van der Waals surface area (Å²) in [7, 11) is 1.61. The van der Waals surface area contributed by atoms with Crippen LogP contribution >= 0.6 is 11.6 Å². The molecule has 6 nitrogen and oxygen atoms in total. The number of carboxylic acids is 1. The molecule has 0 unspecified atom stereocenters. The van der Waals surface area contributed by atoms with Crippen molar-refractivity contribution in [2.45, 2.75) is 44.6 Å². The van der Waals surface area contributed by atoms with Gasteiger partial charge in [-0.1, -0.05) is 48.0 Å². The number of hydrogen-bond acceptors (Lipinski definition) is 4. The number of methoxy groups -OCH3 is 1. The summed E-state index contributed by atoms with van der Waals surface area (Å²) in [6.07, 6.45) is 2.91. The van der Waals surface area contributed by atoms with Crippen molar-refractivity contribution in [1.29, 1.82) is 0 Å². The number of carboxylic acid groups (broad SMARTS) is 1. The van der Waals surface area contributed by atoms with Gasteiger partial charge in [-0.2, -0.15) is 0 Å². The molecule has 37 heavy (non-hydrogen) atoms. The minimum Gasteiger partial charge on any atom is -0.497 e. The molecule has 1 atom stereocenters. The van der Waals surface area contributed by atoms with E-state index in [4.69, 9.17) is 21.1 Å². The summed E-state index contributed by atoms with van der Waals surface area (Å²) >= 11 is 6.01. The number of nitrogens with zero attached hydrogens (tertiary/aromatic N) is 1. The highest BCUT2D eigenvalue weighted by Gasteiger charge is 2.35. The predicted octanol–water partition coefficient (Wildman–Crippen LogP) is 5.37. The monoisotopic (exact) mass is 521 g/mol. The summed E-state index contributed by atoms with van der Waals surface area (Å²) < 4.78 is 11.5. The molecule has 7 heteroatoms. The number of ether oxygens (including phenoxy) is 2. The van der Waals surface area contributed by atoms with E-state index in [0.29, 0.717) is 24.4 Å². The molecule has 4 rings (SSSR count). The van der Waals surface area contributed by atoms with E-state index in [9.17, 15) is 14.7 Å². The minimum absolute atomic E-state index is 0.166. The molecule has 1 aliphatic rings. The van der Waals surface area contributed by atoms with E-state index in [1.807, 2.05) is 60.7 Å². The number of amides is 1. The zero-order valence-electron chi connectivity index (χ0n) is 21.2. The van der Waals surface area contributed by atoms with E-state index in [1.165, 1.54) is 10.5 Å². The first-order valence-corrected chi connectivity index (χ1v) is 12.8. The highest BCUT2D eigenvalue weighted by molar-refractivity contribution is 6.30. The van der Waals surface area contributed by atoms with E-state index in [2.05, 4.69) is 13.0 Å². The van der Waals surface area contributed by atoms with Gasteiger partial charge in [0.2, 0.25) is 5.91 Å². The molecule has 0 fully saturated rings. The van der Waals surface area contributed by atoms with E-state index in [-0.39, 0.29) is 24.5 Å². The second-order valence-corrected chi connectivity index (χ2v) is 10.2. The molecule has 1 aliphatic heterocycles. The fourth-order valence-electron chi connectivity index (χ4n) is 4.78. The Labute approximate surface area is 222 Å². The summed E-state index contributed by atoms with van der Waals surface area (Å²) in [6.45, 7) is 2.14. The number of aryl methyl sites for hydroxylation is 1. The average Bonchev–Trinajstić information content (AvgIpc) is 3.21. The fraction of sp³-hybridized carbons (Fsp3) is 0.333. The summed E-state index contributed by atoms with van der Waals surface area (Å²) in [6, 6.07) is 21.5.